The smallest absolute Gasteiger partial charge is 0.236 e. The van der Waals surface area contributed by atoms with Gasteiger partial charge in [0.25, 0.3) is 0 Å². The van der Waals surface area contributed by atoms with Crippen molar-refractivity contribution in [1.82, 2.24) is 10.3 Å². The zero-order valence-electron chi connectivity index (χ0n) is 14.1. The van der Waals surface area contributed by atoms with Gasteiger partial charge in [-0.2, -0.15) is 4.39 Å². The van der Waals surface area contributed by atoms with Crippen LogP contribution in [-0.2, 0) is 10.2 Å². The number of nitrogens with one attached hydrogen (secondary N) is 3. The molecule has 26 heavy (non-hydrogen) atoms. The van der Waals surface area contributed by atoms with Gasteiger partial charge in [0.15, 0.2) is 0 Å². The SMILES string of the molecule is Cc1c(N/C=C\C(=N)NC(=O)C2(c3ccccc3F)CC2)ccnc1F. The van der Waals surface area contributed by atoms with E-state index in [1.54, 1.807) is 31.2 Å². The molecule has 0 unspecified atom stereocenters. The quantitative estimate of drug-likeness (QED) is 0.436. The number of rotatable bonds is 5. The van der Waals surface area contributed by atoms with Gasteiger partial charge < -0.3 is 10.6 Å². The first-order valence-electron chi connectivity index (χ1n) is 8.13. The van der Waals surface area contributed by atoms with Crippen molar-refractivity contribution in [3.05, 3.63) is 71.7 Å². The van der Waals surface area contributed by atoms with Crippen molar-refractivity contribution in [2.24, 2.45) is 0 Å². The maximum atomic E-state index is 14.0. The minimum Gasteiger partial charge on any atom is -0.361 e. The summed E-state index contributed by atoms with van der Waals surface area (Å²) in [7, 11) is 0. The van der Waals surface area contributed by atoms with Crippen LogP contribution in [0.25, 0.3) is 0 Å². The van der Waals surface area contributed by atoms with Gasteiger partial charge in [-0.3, -0.25) is 10.2 Å². The van der Waals surface area contributed by atoms with Gasteiger partial charge in [0, 0.05) is 29.2 Å². The minimum atomic E-state index is -0.899. The molecule has 5 nitrogen and oxygen atoms in total. The van der Waals surface area contributed by atoms with E-state index in [-0.39, 0.29) is 5.84 Å². The largest absolute Gasteiger partial charge is 0.361 e. The molecule has 1 aliphatic carbocycles. The van der Waals surface area contributed by atoms with E-state index in [4.69, 9.17) is 5.41 Å². The summed E-state index contributed by atoms with van der Waals surface area (Å²) in [6, 6.07) is 7.80. The second-order valence-electron chi connectivity index (χ2n) is 6.18. The lowest BCUT2D eigenvalue weighted by molar-refractivity contribution is -0.122. The lowest BCUT2D eigenvalue weighted by Crippen LogP contribution is -2.38. The fourth-order valence-electron chi connectivity index (χ4n) is 2.76. The molecule has 0 spiro atoms. The number of amidine groups is 1. The van der Waals surface area contributed by atoms with Crippen molar-refractivity contribution in [1.29, 1.82) is 5.41 Å². The summed E-state index contributed by atoms with van der Waals surface area (Å²) in [5.41, 5.74) is 0.321. The zero-order chi connectivity index (χ0) is 18.7. The summed E-state index contributed by atoms with van der Waals surface area (Å²) >= 11 is 0. The van der Waals surface area contributed by atoms with Gasteiger partial charge >= 0.3 is 0 Å². The number of carbonyl (C=O) groups is 1. The molecule has 7 heteroatoms. The van der Waals surface area contributed by atoms with Gasteiger partial charge in [0.1, 0.15) is 11.7 Å². The summed E-state index contributed by atoms with van der Waals surface area (Å²) in [6.45, 7) is 1.58. The van der Waals surface area contributed by atoms with Crippen LogP contribution in [0.1, 0.15) is 24.0 Å². The third-order valence-corrected chi connectivity index (χ3v) is 4.45. The molecule has 134 valence electrons. The monoisotopic (exact) mass is 356 g/mol. The molecule has 1 saturated carbocycles. The van der Waals surface area contributed by atoms with Crippen molar-refractivity contribution in [2.75, 3.05) is 5.32 Å². The van der Waals surface area contributed by atoms with Crippen LogP contribution in [0, 0.1) is 24.1 Å². The molecule has 0 saturated heterocycles. The summed E-state index contributed by atoms with van der Waals surface area (Å²) in [4.78, 5) is 16.0. The van der Waals surface area contributed by atoms with Gasteiger partial charge in [-0.25, -0.2) is 9.37 Å². The normalized spacial score (nSPS) is 14.9. The molecule has 0 aliphatic heterocycles. The van der Waals surface area contributed by atoms with Crippen molar-refractivity contribution in [3.63, 3.8) is 0 Å². The number of benzene rings is 1. The van der Waals surface area contributed by atoms with Gasteiger partial charge in [-0.15, -0.1) is 0 Å². The van der Waals surface area contributed by atoms with Crippen LogP contribution in [-0.4, -0.2) is 16.7 Å². The molecule has 0 radical (unpaired) electrons. The predicted molar refractivity (Wildman–Crippen MR) is 94.9 cm³/mol. The van der Waals surface area contributed by atoms with E-state index < -0.39 is 23.1 Å². The fraction of sp³-hybridized carbons (Fsp3) is 0.211. The van der Waals surface area contributed by atoms with Crippen LogP contribution in [0.2, 0.25) is 0 Å². The number of pyridine rings is 1. The number of amides is 1. The molecule has 3 N–H and O–H groups in total. The van der Waals surface area contributed by atoms with Crippen LogP contribution in [0.3, 0.4) is 0 Å². The van der Waals surface area contributed by atoms with Gasteiger partial charge in [-0.05, 0) is 38.0 Å². The van der Waals surface area contributed by atoms with Gasteiger partial charge in [0.05, 0.1) is 5.41 Å². The summed E-state index contributed by atoms with van der Waals surface area (Å²) in [5.74, 6) is -1.54. The van der Waals surface area contributed by atoms with E-state index >= 15 is 0 Å². The third kappa shape index (κ3) is 3.46. The molecule has 0 bridgehead atoms. The Hall–Kier alpha value is -3.09. The Bertz CT molecular complexity index is 891. The second-order valence-corrected chi connectivity index (χ2v) is 6.18. The highest BCUT2D eigenvalue weighted by atomic mass is 19.1. The Morgan fingerprint density at radius 1 is 1.27 bits per heavy atom. The molecule has 2 aromatic rings. The highest BCUT2D eigenvalue weighted by Crippen LogP contribution is 2.49. The first kappa shape index (κ1) is 17.7. The summed E-state index contributed by atoms with van der Waals surface area (Å²) in [5, 5.41) is 13.2. The lowest BCUT2D eigenvalue weighted by Gasteiger charge is -2.16. The van der Waals surface area contributed by atoms with E-state index in [1.165, 1.54) is 24.5 Å². The molecule has 0 atom stereocenters. The van der Waals surface area contributed by atoms with E-state index in [2.05, 4.69) is 15.6 Å². The molecule has 1 aliphatic rings. The number of hydrogen-bond donors (Lipinski definition) is 3. The predicted octanol–water partition coefficient (Wildman–Crippen LogP) is 3.42. The summed E-state index contributed by atoms with van der Waals surface area (Å²) in [6.07, 6.45) is 5.19. The number of hydrogen-bond acceptors (Lipinski definition) is 4. The van der Waals surface area contributed by atoms with Crippen LogP contribution >= 0.6 is 0 Å². The lowest BCUT2D eigenvalue weighted by atomic mass is 9.94. The Morgan fingerprint density at radius 2 is 2.00 bits per heavy atom. The van der Waals surface area contributed by atoms with Crippen LogP contribution in [0.4, 0.5) is 14.5 Å². The number of aromatic nitrogens is 1. The molecular weight excluding hydrogens is 338 g/mol. The Morgan fingerprint density at radius 3 is 2.69 bits per heavy atom. The maximum Gasteiger partial charge on any atom is 0.236 e. The maximum absolute atomic E-state index is 14.0. The van der Waals surface area contributed by atoms with Gasteiger partial charge in [0.2, 0.25) is 11.9 Å². The Balaban J connectivity index is 1.62. The number of anilines is 1. The van der Waals surface area contributed by atoms with Crippen LogP contribution < -0.4 is 10.6 Å². The van der Waals surface area contributed by atoms with Crippen molar-refractivity contribution in [2.45, 2.75) is 25.2 Å². The molecule has 1 heterocycles. The first-order valence-corrected chi connectivity index (χ1v) is 8.13. The van der Waals surface area contributed by atoms with Crippen LogP contribution in [0.15, 0.2) is 48.8 Å². The Kier molecular flexibility index (Phi) is 4.79. The summed E-state index contributed by atoms with van der Waals surface area (Å²) < 4.78 is 27.4. The van der Waals surface area contributed by atoms with Crippen molar-refractivity contribution >= 4 is 17.4 Å². The second kappa shape index (κ2) is 7.03. The molecule has 1 amide bonds. The first-order chi connectivity index (χ1) is 12.4. The third-order valence-electron chi connectivity index (χ3n) is 4.45. The van der Waals surface area contributed by atoms with Crippen molar-refractivity contribution in [3.8, 4) is 0 Å². The van der Waals surface area contributed by atoms with E-state index in [0.29, 0.717) is 29.7 Å². The van der Waals surface area contributed by atoms with Crippen LogP contribution in [0.5, 0.6) is 0 Å². The highest BCUT2D eigenvalue weighted by Gasteiger charge is 2.52. The fourth-order valence-corrected chi connectivity index (χ4v) is 2.76. The molecule has 3 rings (SSSR count). The minimum absolute atomic E-state index is 0.141. The molecule has 1 aromatic heterocycles. The average molecular weight is 356 g/mol. The molecular formula is C19H18F2N4O. The molecule has 1 fully saturated rings. The topological polar surface area (TPSA) is 77.9 Å². The number of nitrogens with zero attached hydrogens (tertiary/aromatic N) is 1. The average Bonchev–Trinajstić information content (AvgIpc) is 3.41. The van der Waals surface area contributed by atoms with E-state index in [9.17, 15) is 13.6 Å². The van der Waals surface area contributed by atoms with Gasteiger partial charge in [-0.1, -0.05) is 18.2 Å². The Labute approximate surface area is 149 Å². The zero-order valence-corrected chi connectivity index (χ0v) is 14.1. The standard InChI is InChI=1S/C19H18F2N4O/c1-12-15(6-10-24-17(12)21)23-11-7-16(22)25-18(26)19(8-9-19)13-4-2-3-5-14(13)20/h2-7,10-11H,8-9H2,1H3,(H,23,24)(H2,22,25,26)/b11-7-. The van der Waals surface area contributed by atoms with E-state index in [1.807, 2.05) is 0 Å². The van der Waals surface area contributed by atoms with Crippen molar-refractivity contribution < 1.29 is 13.6 Å². The highest BCUT2D eigenvalue weighted by molar-refractivity contribution is 6.07. The molecule has 1 aromatic carbocycles. The van der Waals surface area contributed by atoms with E-state index in [0.717, 1.165) is 0 Å². The number of halogens is 2. The number of carbonyl (C=O) groups excluding carboxylic acids is 1.